The molecule has 0 amide bonds. The first-order valence-corrected chi connectivity index (χ1v) is 9.67. The minimum absolute atomic E-state index is 0.599. The number of nitrogens with zero attached hydrogens (tertiary/aromatic N) is 5. The minimum atomic E-state index is 0.599. The number of fused-ring (bicyclic) bond motifs is 1. The molecule has 2 aromatic rings. The number of hydrogen-bond acceptors (Lipinski definition) is 3. The molecule has 6 heteroatoms. The van der Waals surface area contributed by atoms with E-state index in [1.807, 2.05) is 7.05 Å². The first-order valence-electron chi connectivity index (χ1n) is 9.67. The maximum Gasteiger partial charge on any atom is 0.194 e. The number of piperidine rings is 1. The number of likely N-dealkylation sites (tertiary alicyclic amines) is 1. The monoisotopic (exact) mass is 352 g/mol. The van der Waals surface area contributed by atoms with Crippen molar-refractivity contribution in [3.8, 4) is 0 Å². The highest BCUT2D eigenvalue weighted by Crippen LogP contribution is 2.32. The van der Waals surface area contributed by atoms with Crippen molar-refractivity contribution in [2.24, 2.45) is 10.9 Å². The van der Waals surface area contributed by atoms with Gasteiger partial charge in [-0.1, -0.05) is 37.3 Å². The SMILES string of the molecule is CN=C(NCc1nnc2n1CCC2)N1CCC(c2ccccc2)C(C)C1. The van der Waals surface area contributed by atoms with E-state index in [-0.39, 0.29) is 0 Å². The second-order valence-electron chi connectivity index (χ2n) is 7.42. The van der Waals surface area contributed by atoms with Crippen LogP contribution >= 0.6 is 0 Å². The lowest BCUT2D eigenvalue weighted by atomic mass is 9.82. The molecule has 2 atom stereocenters. The van der Waals surface area contributed by atoms with Crippen molar-refractivity contribution in [2.75, 3.05) is 20.1 Å². The first kappa shape index (κ1) is 17.1. The fraction of sp³-hybridized carbons (Fsp3) is 0.550. The van der Waals surface area contributed by atoms with Crippen molar-refractivity contribution in [2.45, 2.75) is 45.2 Å². The highest BCUT2D eigenvalue weighted by molar-refractivity contribution is 5.79. The molecule has 6 nitrogen and oxygen atoms in total. The van der Waals surface area contributed by atoms with E-state index in [1.54, 1.807) is 0 Å². The Labute approximate surface area is 155 Å². The summed E-state index contributed by atoms with van der Waals surface area (Å²) in [6.45, 7) is 6.13. The molecule has 0 aliphatic carbocycles. The van der Waals surface area contributed by atoms with Crippen LogP contribution in [0.2, 0.25) is 0 Å². The molecule has 1 aromatic carbocycles. The van der Waals surface area contributed by atoms with E-state index in [0.717, 1.165) is 50.1 Å². The van der Waals surface area contributed by atoms with Crippen LogP contribution in [-0.4, -0.2) is 45.8 Å². The fourth-order valence-corrected chi connectivity index (χ4v) is 4.37. The van der Waals surface area contributed by atoms with Gasteiger partial charge in [-0.05, 0) is 30.2 Å². The van der Waals surface area contributed by atoms with E-state index in [2.05, 4.69) is 67.2 Å². The number of aromatic nitrogens is 3. The highest BCUT2D eigenvalue weighted by atomic mass is 15.3. The topological polar surface area (TPSA) is 58.3 Å². The third-order valence-electron chi connectivity index (χ3n) is 5.74. The molecule has 0 bridgehead atoms. The van der Waals surface area contributed by atoms with Crippen LogP contribution in [0, 0.1) is 5.92 Å². The number of guanidine groups is 1. The van der Waals surface area contributed by atoms with Crippen LogP contribution in [0.5, 0.6) is 0 Å². The fourth-order valence-electron chi connectivity index (χ4n) is 4.37. The zero-order valence-electron chi connectivity index (χ0n) is 15.7. The normalized spacial score (nSPS) is 23.2. The van der Waals surface area contributed by atoms with E-state index >= 15 is 0 Å². The molecule has 2 unspecified atom stereocenters. The number of aliphatic imine (C=N–C) groups is 1. The lowest BCUT2D eigenvalue weighted by Gasteiger charge is -2.38. The minimum Gasteiger partial charge on any atom is -0.349 e. The molecule has 4 rings (SSSR count). The largest absolute Gasteiger partial charge is 0.349 e. The molecule has 1 fully saturated rings. The number of benzene rings is 1. The molecule has 0 radical (unpaired) electrons. The van der Waals surface area contributed by atoms with Gasteiger partial charge >= 0.3 is 0 Å². The summed E-state index contributed by atoms with van der Waals surface area (Å²) in [5.74, 6) is 4.34. The van der Waals surface area contributed by atoms with Crippen LogP contribution in [0.25, 0.3) is 0 Å². The maximum absolute atomic E-state index is 4.51. The molecule has 26 heavy (non-hydrogen) atoms. The van der Waals surface area contributed by atoms with Gasteiger partial charge in [-0.25, -0.2) is 0 Å². The predicted octanol–water partition coefficient (Wildman–Crippen LogP) is 2.43. The maximum atomic E-state index is 4.51. The van der Waals surface area contributed by atoms with Crippen molar-refractivity contribution in [3.63, 3.8) is 0 Å². The average Bonchev–Trinajstić information content (AvgIpc) is 3.28. The highest BCUT2D eigenvalue weighted by Gasteiger charge is 2.29. The van der Waals surface area contributed by atoms with Gasteiger partial charge in [0.1, 0.15) is 5.82 Å². The van der Waals surface area contributed by atoms with E-state index in [1.165, 1.54) is 12.0 Å². The van der Waals surface area contributed by atoms with Crippen LogP contribution in [0.15, 0.2) is 35.3 Å². The Morgan fingerprint density at radius 1 is 1.23 bits per heavy atom. The van der Waals surface area contributed by atoms with Crippen molar-refractivity contribution >= 4 is 5.96 Å². The summed E-state index contributed by atoms with van der Waals surface area (Å²) in [7, 11) is 1.87. The van der Waals surface area contributed by atoms with Gasteiger partial charge in [0.2, 0.25) is 0 Å². The van der Waals surface area contributed by atoms with E-state index in [0.29, 0.717) is 18.4 Å². The standard InChI is InChI=1S/C20H28N6/c1-15-14-25(12-10-17(15)16-7-4-3-5-8-16)20(21-2)22-13-19-24-23-18-9-6-11-26(18)19/h3-5,7-8,15,17H,6,9-14H2,1-2H3,(H,21,22). The Morgan fingerprint density at radius 2 is 2.08 bits per heavy atom. The molecule has 1 saturated heterocycles. The Bertz CT molecular complexity index is 766. The van der Waals surface area contributed by atoms with Crippen molar-refractivity contribution in [1.82, 2.24) is 25.0 Å². The van der Waals surface area contributed by atoms with Crippen LogP contribution in [0.3, 0.4) is 0 Å². The van der Waals surface area contributed by atoms with Crippen molar-refractivity contribution < 1.29 is 0 Å². The molecule has 1 aromatic heterocycles. The number of aryl methyl sites for hydroxylation is 1. The zero-order valence-corrected chi connectivity index (χ0v) is 15.7. The van der Waals surface area contributed by atoms with Crippen LogP contribution in [0.1, 0.15) is 42.9 Å². The summed E-state index contributed by atoms with van der Waals surface area (Å²) in [5, 5.41) is 12.1. The molecule has 0 saturated carbocycles. The lowest BCUT2D eigenvalue weighted by molar-refractivity contribution is 0.234. The van der Waals surface area contributed by atoms with Gasteiger partial charge in [-0.3, -0.25) is 4.99 Å². The second kappa shape index (κ2) is 7.48. The average molecular weight is 352 g/mol. The lowest BCUT2D eigenvalue weighted by Crippen LogP contribution is -2.47. The summed E-state index contributed by atoms with van der Waals surface area (Å²) >= 11 is 0. The molecule has 1 N–H and O–H groups in total. The van der Waals surface area contributed by atoms with Gasteiger partial charge in [0, 0.05) is 33.1 Å². The molecule has 3 heterocycles. The molecule has 2 aliphatic rings. The van der Waals surface area contributed by atoms with Gasteiger partial charge in [-0.15, -0.1) is 10.2 Å². The van der Waals surface area contributed by atoms with Gasteiger partial charge in [-0.2, -0.15) is 0 Å². The van der Waals surface area contributed by atoms with E-state index in [4.69, 9.17) is 0 Å². The van der Waals surface area contributed by atoms with E-state index in [9.17, 15) is 0 Å². The summed E-state index contributed by atoms with van der Waals surface area (Å²) in [5.41, 5.74) is 1.46. The summed E-state index contributed by atoms with van der Waals surface area (Å²) in [6.07, 6.45) is 3.38. The third kappa shape index (κ3) is 3.32. The predicted molar refractivity (Wildman–Crippen MR) is 103 cm³/mol. The molecule has 0 spiro atoms. The Kier molecular flexibility index (Phi) is 4.91. The summed E-state index contributed by atoms with van der Waals surface area (Å²) in [6, 6.07) is 10.9. The van der Waals surface area contributed by atoms with E-state index < -0.39 is 0 Å². The Hall–Kier alpha value is -2.37. The molecular weight excluding hydrogens is 324 g/mol. The van der Waals surface area contributed by atoms with Crippen LogP contribution < -0.4 is 5.32 Å². The Morgan fingerprint density at radius 3 is 2.85 bits per heavy atom. The number of nitrogens with one attached hydrogen (secondary N) is 1. The summed E-state index contributed by atoms with van der Waals surface area (Å²) < 4.78 is 2.24. The number of hydrogen-bond donors (Lipinski definition) is 1. The molecule has 2 aliphatic heterocycles. The Balaban J connectivity index is 1.37. The molecule has 138 valence electrons. The van der Waals surface area contributed by atoms with Crippen LogP contribution in [-0.2, 0) is 19.5 Å². The first-order chi connectivity index (χ1) is 12.8. The second-order valence-corrected chi connectivity index (χ2v) is 7.42. The van der Waals surface area contributed by atoms with Gasteiger partial charge in [0.25, 0.3) is 0 Å². The van der Waals surface area contributed by atoms with Gasteiger partial charge < -0.3 is 14.8 Å². The zero-order chi connectivity index (χ0) is 17.9. The van der Waals surface area contributed by atoms with Gasteiger partial charge in [0.05, 0.1) is 6.54 Å². The van der Waals surface area contributed by atoms with Crippen molar-refractivity contribution in [1.29, 1.82) is 0 Å². The smallest absolute Gasteiger partial charge is 0.194 e. The quantitative estimate of drug-likeness (QED) is 0.681. The van der Waals surface area contributed by atoms with Gasteiger partial charge in [0.15, 0.2) is 11.8 Å². The molecular formula is C20H28N6. The van der Waals surface area contributed by atoms with Crippen molar-refractivity contribution in [3.05, 3.63) is 47.5 Å². The number of rotatable bonds is 3. The summed E-state index contributed by atoms with van der Waals surface area (Å²) in [4.78, 5) is 6.89. The van der Waals surface area contributed by atoms with Crippen LogP contribution in [0.4, 0.5) is 0 Å². The third-order valence-corrected chi connectivity index (χ3v) is 5.74.